The monoisotopic (exact) mass is 469 g/mol. The third-order valence-corrected chi connectivity index (χ3v) is 6.61. The average molecular weight is 470 g/mol. The largest absolute Gasteiger partial charge is 0.493 e. The lowest BCUT2D eigenvalue weighted by Gasteiger charge is -2.38. The van der Waals surface area contributed by atoms with Crippen molar-refractivity contribution in [2.24, 2.45) is 0 Å². The van der Waals surface area contributed by atoms with Crippen LogP contribution in [0.5, 0.6) is 11.5 Å². The number of amides is 1. The van der Waals surface area contributed by atoms with Gasteiger partial charge >= 0.3 is 0 Å². The number of methoxy groups -OCH3 is 2. The summed E-state index contributed by atoms with van der Waals surface area (Å²) in [6.45, 7) is 0.845. The number of rotatable bonds is 6. The molecule has 0 aliphatic carbocycles. The maximum Gasteiger partial charge on any atom is 0.261 e. The zero-order chi connectivity index (χ0) is 24.4. The summed E-state index contributed by atoms with van der Waals surface area (Å²) in [6, 6.07) is 21.0. The Kier molecular flexibility index (Phi) is 6.23. The minimum Gasteiger partial charge on any atom is -0.493 e. The van der Waals surface area contributed by atoms with Gasteiger partial charge in [-0.05, 0) is 47.4 Å². The highest BCUT2D eigenvalue weighted by Gasteiger charge is 2.33. The average Bonchev–Trinajstić information content (AvgIpc) is 2.91. The molecule has 7 nitrogen and oxygen atoms in total. The highest BCUT2D eigenvalue weighted by atomic mass is 16.5. The van der Waals surface area contributed by atoms with Gasteiger partial charge in [0.15, 0.2) is 11.5 Å². The number of fused-ring (bicyclic) bond motifs is 2. The summed E-state index contributed by atoms with van der Waals surface area (Å²) in [5.74, 6) is 1.30. The Morgan fingerprint density at radius 1 is 1.00 bits per heavy atom. The molecular weight excluding hydrogens is 442 g/mol. The number of para-hydroxylation sites is 1. The molecule has 178 valence electrons. The van der Waals surface area contributed by atoms with Crippen LogP contribution >= 0.6 is 0 Å². The Morgan fingerprint density at radius 3 is 2.49 bits per heavy atom. The quantitative estimate of drug-likeness (QED) is 0.427. The van der Waals surface area contributed by atoms with Crippen LogP contribution in [0.3, 0.4) is 0 Å². The van der Waals surface area contributed by atoms with Crippen LogP contribution in [0.1, 0.15) is 29.2 Å². The SMILES string of the molecule is COc1cc2c(cc1OC)C(c1ccccc1)N(C(=O)CCn1cnc3ccccc3c1=O)CC2. The maximum atomic E-state index is 13.6. The van der Waals surface area contributed by atoms with E-state index in [4.69, 9.17) is 9.47 Å². The van der Waals surface area contributed by atoms with Gasteiger partial charge in [-0.3, -0.25) is 14.2 Å². The summed E-state index contributed by atoms with van der Waals surface area (Å²) in [5.41, 5.74) is 3.71. The van der Waals surface area contributed by atoms with E-state index in [1.54, 1.807) is 20.3 Å². The molecule has 1 amide bonds. The van der Waals surface area contributed by atoms with Gasteiger partial charge in [0.2, 0.25) is 5.91 Å². The van der Waals surface area contributed by atoms with Crippen LogP contribution in [0.2, 0.25) is 0 Å². The van der Waals surface area contributed by atoms with E-state index in [1.165, 1.54) is 10.9 Å². The van der Waals surface area contributed by atoms with E-state index in [1.807, 2.05) is 65.6 Å². The molecule has 1 aliphatic rings. The summed E-state index contributed by atoms with van der Waals surface area (Å²) in [7, 11) is 3.24. The molecule has 3 aromatic carbocycles. The number of ether oxygens (including phenoxy) is 2. The van der Waals surface area contributed by atoms with Gasteiger partial charge in [-0.2, -0.15) is 0 Å². The zero-order valence-electron chi connectivity index (χ0n) is 19.8. The molecule has 1 aliphatic heterocycles. The fraction of sp³-hybridized carbons (Fsp3) is 0.250. The maximum absolute atomic E-state index is 13.6. The van der Waals surface area contributed by atoms with Crippen LogP contribution in [0.25, 0.3) is 10.9 Å². The van der Waals surface area contributed by atoms with Crippen LogP contribution in [-0.4, -0.2) is 41.1 Å². The van der Waals surface area contributed by atoms with E-state index in [2.05, 4.69) is 4.98 Å². The molecule has 0 spiro atoms. The fourth-order valence-corrected chi connectivity index (χ4v) is 4.83. The predicted molar refractivity (Wildman–Crippen MR) is 134 cm³/mol. The highest BCUT2D eigenvalue weighted by Crippen LogP contribution is 2.41. The van der Waals surface area contributed by atoms with Crippen LogP contribution in [0.15, 0.2) is 77.9 Å². The number of nitrogens with zero attached hydrogens (tertiary/aromatic N) is 3. The van der Waals surface area contributed by atoms with Crippen molar-refractivity contribution < 1.29 is 14.3 Å². The van der Waals surface area contributed by atoms with E-state index in [-0.39, 0.29) is 30.5 Å². The van der Waals surface area contributed by atoms with Crippen molar-refractivity contribution in [3.63, 3.8) is 0 Å². The molecule has 0 radical (unpaired) electrons. The minimum absolute atomic E-state index is 0.0145. The molecule has 0 saturated carbocycles. The first-order valence-electron chi connectivity index (χ1n) is 11.6. The molecular formula is C28H27N3O4. The lowest BCUT2D eigenvalue weighted by Crippen LogP contribution is -2.41. The Bertz CT molecular complexity index is 1430. The normalized spacial score (nSPS) is 15.0. The van der Waals surface area contributed by atoms with E-state index in [9.17, 15) is 9.59 Å². The second-order valence-electron chi connectivity index (χ2n) is 8.57. The van der Waals surface area contributed by atoms with Gasteiger partial charge < -0.3 is 14.4 Å². The zero-order valence-corrected chi connectivity index (χ0v) is 19.8. The van der Waals surface area contributed by atoms with Crippen molar-refractivity contribution in [1.29, 1.82) is 0 Å². The molecule has 1 aromatic heterocycles. The van der Waals surface area contributed by atoms with Crippen LogP contribution < -0.4 is 15.0 Å². The van der Waals surface area contributed by atoms with Gasteiger partial charge in [0.05, 0.1) is 37.5 Å². The molecule has 7 heteroatoms. The Labute approximate surface area is 203 Å². The van der Waals surface area contributed by atoms with Crippen molar-refractivity contribution >= 4 is 16.8 Å². The van der Waals surface area contributed by atoms with Crippen molar-refractivity contribution in [3.05, 3.63) is 100 Å². The van der Waals surface area contributed by atoms with Gasteiger partial charge in [0.25, 0.3) is 5.56 Å². The van der Waals surface area contributed by atoms with Crippen LogP contribution in [-0.2, 0) is 17.8 Å². The third-order valence-electron chi connectivity index (χ3n) is 6.61. The predicted octanol–water partition coefficient (Wildman–Crippen LogP) is 3.98. The van der Waals surface area contributed by atoms with Gasteiger partial charge in [-0.1, -0.05) is 42.5 Å². The van der Waals surface area contributed by atoms with Crippen molar-refractivity contribution in [3.8, 4) is 11.5 Å². The second kappa shape index (κ2) is 9.62. The first-order chi connectivity index (χ1) is 17.1. The number of carbonyl (C=O) groups excluding carboxylic acids is 1. The highest BCUT2D eigenvalue weighted by molar-refractivity contribution is 5.79. The molecule has 0 saturated heterocycles. The molecule has 1 atom stereocenters. The topological polar surface area (TPSA) is 73.7 Å². The molecule has 0 N–H and O–H groups in total. The van der Waals surface area contributed by atoms with Gasteiger partial charge in [-0.25, -0.2) is 4.98 Å². The Hall–Kier alpha value is -4.13. The van der Waals surface area contributed by atoms with Crippen molar-refractivity contribution in [2.75, 3.05) is 20.8 Å². The van der Waals surface area contributed by atoms with Crippen molar-refractivity contribution in [2.45, 2.75) is 25.4 Å². The lowest BCUT2D eigenvalue weighted by molar-refractivity contribution is -0.133. The molecule has 1 unspecified atom stereocenters. The van der Waals surface area contributed by atoms with Gasteiger partial charge in [-0.15, -0.1) is 0 Å². The summed E-state index contributed by atoms with van der Waals surface area (Å²) < 4.78 is 12.6. The number of carbonyl (C=O) groups is 1. The van der Waals surface area contributed by atoms with Gasteiger partial charge in [0.1, 0.15) is 0 Å². The third kappa shape index (κ3) is 4.25. The summed E-state index contributed by atoms with van der Waals surface area (Å²) in [5, 5.41) is 0.553. The van der Waals surface area contributed by atoms with E-state index < -0.39 is 0 Å². The van der Waals surface area contributed by atoms with Crippen LogP contribution in [0.4, 0.5) is 0 Å². The van der Waals surface area contributed by atoms with Gasteiger partial charge in [0, 0.05) is 19.5 Å². The first kappa shape index (κ1) is 22.7. The number of benzene rings is 3. The van der Waals surface area contributed by atoms with Crippen LogP contribution in [0, 0.1) is 0 Å². The Balaban J connectivity index is 1.46. The number of aromatic nitrogens is 2. The molecule has 35 heavy (non-hydrogen) atoms. The first-order valence-corrected chi connectivity index (χ1v) is 11.6. The smallest absolute Gasteiger partial charge is 0.261 e. The summed E-state index contributed by atoms with van der Waals surface area (Å²) >= 11 is 0. The second-order valence-corrected chi connectivity index (χ2v) is 8.57. The van der Waals surface area contributed by atoms with Crippen molar-refractivity contribution in [1.82, 2.24) is 14.5 Å². The molecule has 4 aromatic rings. The summed E-state index contributed by atoms with van der Waals surface area (Å²) in [6.07, 6.45) is 2.43. The fourth-order valence-electron chi connectivity index (χ4n) is 4.83. The molecule has 2 heterocycles. The molecule has 5 rings (SSSR count). The summed E-state index contributed by atoms with van der Waals surface area (Å²) in [4.78, 5) is 32.7. The van der Waals surface area contributed by atoms with E-state index >= 15 is 0 Å². The van der Waals surface area contributed by atoms with E-state index in [0.717, 1.165) is 16.7 Å². The Morgan fingerprint density at radius 2 is 1.71 bits per heavy atom. The number of hydrogen-bond acceptors (Lipinski definition) is 5. The standard InChI is InChI=1S/C28H27N3O4/c1-34-24-16-20-12-15-31(27(19-8-4-3-5-9-19)22(20)17-25(24)35-2)26(32)13-14-30-18-29-23-11-7-6-10-21(23)28(30)33/h3-11,16-18,27H,12-15H2,1-2H3. The lowest BCUT2D eigenvalue weighted by atomic mass is 9.87. The number of hydrogen-bond donors (Lipinski definition) is 0. The molecule has 0 fully saturated rings. The number of aryl methyl sites for hydroxylation is 1. The molecule has 0 bridgehead atoms. The minimum atomic E-state index is -0.251. The van der Waals surface area contributed by atoms with E-state index in [0.29, 0.717) is 35.4 Å².